The molecule has 2 aromatic rings. The van der Waals surface area contributed by atoms with Crippen LogP contribution in [-0.2, 0) is 0 Å². The maximum atomic E-state index is 11.1. The molecule has 0 spiro atoms. The van der Waals surface area contributed by atoms with Gasteiger partial charge in [0.05, 0.1) is 0 Å². The summed E-state index contributed by atoms with van der Waals surface area (Å²) in [5, 5.41) is 0. The SMILES string of the molecule is CC(c1ccccc1)c1cc(C(N)=O)ccn1. The molecule has 17 heavy (non-hydrogen) atoms. The topological polar surface area (TPSA) is 56.0 Å². The van der Waals surface area contributed by atoms with Gasteiger partial charge in [-0.25, -0.2) is 0 Å². The number of pyridine rings is 1. The number of carbonyl (C=O) groups is 1. The zero-order chi connectivity index (χ0) is 12.3. The minimum atomic E-state index is -0.422. The van der Waals surface area contributed by atoms with Gasteiger partial charge in [-0.3, -0.25) is 9.78 Å². The highest BCUT2D eigenvalue weighted by Gasteiger charge is 2.11. The molecule has 1 amide bonds. The van der Waals surface area contributed by atoms with Crippen LogP contribution in [0.15, 0.2) is 48.7 Å². The Morgan fingerprint density at radius 2 is 1.94 bits per heavy atom. The highest BCUT2D eigenvalue weighted by Crippen LogP contribution is 2.22. The van der Waals surface area contributed by atoms with Gasteiger partial charge in [0.15, 0.2) is 0 Å². The number of nitrogens with zero attached hydrogens (tertiary/aromatic N) is 1. The molecule has 0 bridgehead atoms. The third-order valence-electron chi connectivity index (χ3n) is 2.81. The van der Waals surface area contributed by atoms with Crippen LogP contribution in [0, 0.1) is 0 Å². The van der Waals surface area contributed by atoms with E-state index < -0.39 is 5.91 Å². The van der Waals surface area contributed by atoms with Crippen LogP contribution in [-0.4, -0.2) is 10.9 Å². The molecule has 1 atom stereocenters. The van der Waals surface area contributed by atoms with Gasteiger partial charge in [-0.05, 0) is 17.7 Å². The van der Waals surface area contributed by atoms with E-state index in [1.54, 1.807) is 18.3 Å². The predicted molar refractivity (Wildman–Crippen MR) is 66.7 cm³/mol. The van der Waals surface area contributed by atoms with Crippen molar-refractivity contribution < 1.29 is 4.79 Å². The van der Waals surface area contributed by atoms with Crippen LogP contribution in [0.25, 0.3) is 0 Å². The molecule has 0 fully saturated rings. The first kappa shape index (κ1) is 11.3. The monoisotopic (exact) mass is 226 g/mol. The summed E-state index contributed by atoms with van der Waals surface area (Å²) < 4.78 is 0. The summed E-state index contributed by atoms with van der Waals surface area (Å²) in [7, 11) is 0. The van der Waals surface area contributed by atoms with Gasteiger partial charge < -0.3 is 5.73 Å². The number of hydrogen-bond donors (Lipinski definition) is 1. The van der Waals surface area contributed by atoms with Crippen molar-refractivity contribution in [2.45, 2.75) is 12.8 Å². The number of nitrogens with two attached hydrogens (primary N) is 1. The third-order valence-corrected chi connectivity index (χ3v) is 2.81. The summed E-state index contributed by atoms with van der Waals surface area (Å²) >= 11 is 0. The highest BCUT2D eigenvalue weighted by atomic mass is 16.1. The van der Waals surface area contributed by atoms with E-state index in [0.29, 0.717) is 5.56 Å². The van der Waals surface area contributed by atoms with Gasteiger partial charge >= 0.3 is 0 Å². The molecule has 0 aliphatic carbocycles. The Morgan fingerprint density at radius 1 is 1.24 bits per heavy atom. The van der Waals surface area contributed by atoms with Gasteiger partial charge in [-0.2, -0.15) is 0 Å². The molecule has 2 rings (SSSR count). The predicted octanol–water partition coefficient (Wildman–Crippen LogP) is 2.33. The smallest absolute Gasteiger partial charge is 0.248 e. The Bertz CT molecular complexity index is 523. The molecule has 1 unspecified atom stereocenters. The maximum Gasteiger partial charge on any atom is 0.248 e. The molecule has 2 N–H and O–H groups in total. The molecule has 0 saturated heterocycles. The molecule has 1 aromatic heterocycles. The van der Waals surface area contributed by atoms with Gasteiger partial charge in [0.25, 0.3) is 0 Å². The summed E-state index contributed by atoms with van der Waals surface area (Å²) in [4.78, 5) is 15.4. The Balaban J connectivity index is 2.34. The molecule has 3 nitrogen and oxygen atoms in total. The first-order valence-corrected chi connectivity index (χ1v) is 5.49. The summed E-state index contributed by atoms with van der Waals surface area (Å²) in [6.45, 7) is 2.06. The highest BCUT2D eigenvalue weighted by molar-refractivity contribution is 5.92. The van der Waals surface area contributed by atoms with E-state index in [4.69, 9.17) is 5.73 Å². The zero-order valence-corrected chi connectivity index (χ0v) is 9.63. The van der Waals surface area contributed by atoms with Crippen LogP contribution in [0.2, 0.25) is 0 Å². The van der Waals surface area contributed by atoms with Crippen LogP contribution in [0.5, 0.6) is 0 Å². The van der Waals surface area contributed by atoms with E-state index in [0.717, 1.165) is 5.69 Å². The lowest BCUT2D eigenvalue weighted by molar-refractivity contribution is 0.1000. The summed E-state index contributed by atoms with van der Waals surface area (Å²) in [6, 6.07) is 13.4. The fourth-order valence-electron chi connectivity index (χ4n) is 1.75. The largest absolute Gasteiger partial charge is 0.366 e. The minimum Gasteiger partial charge on any atom is -0.366 e. The first-order valence-electron chi connectivity index (χ1n) is 5.49. The average molecular weight is 226 g/mol. The normalized spacial score (nSPS) is 12.1. The van der Waals surface area contributed by atoms with Crippen LogP contribution in [0.1, 0.15) is 34.5 Å². The number of benzene rings is 1. The summed E-state index contributed by atoms with van der Waals surface area (Å²) in [5.41, 5.74) is 7.78. The van der Waals surface area contributed by atoms with E-state index in [2.05, 4.69) is 11.9 Å². The average Bonchev–Trinajstić information content (AvgIpc) is 2.39. The van der Waals surface area contributed by atoms with Gasteiger partial charge in [-0.1, -0.05) is 37.3 Å². The minimum absolute atomic E-state index is 0.149. The summed E-state index contributed by atoms with van der Waals surface area (Å²) in [5.74, 6) is -0.274. The lowest BCUT2D eigenvalue weighted by Crippen LogP contribution is -2.12. The van der Waals surface area contributed by atoms with E-state index >= 15 is 0 Å². The van der Waals surface area contributed by atoms with Crippen LogP contribution >= 0.6 is 0 Å². The second-order valence-electron chi connectivity index (χ2n) is 3.97. The lowest BCUT2D eigenvalue weighted by atomic mass is 9.96. The number of carbonyl (C=O) groups excluding carboxylic acids is 1. The second-order valence-corrected chi connectivity index (χ2v) is 3.97. The van der Waals surface area contributed by atoms with E-state index in [1.165, 1.54) is 5.56 Å². The Kier molecular flexibility index (Phi) is 3.19. The molecule has 3 heteroatoms. The molecule has 1 aromatic carbocycles. The number of hydrogen-bond acceptors (Lipinski definition) is 2. The maximum absolute atomic E-state index is 11.1. The number of amides is 1. The standard InChI is InChI=1S/C14H14N2O/c1-10(11-5-3-2-4-6-11)13-9-12(14(15)17)7-8-16-13/h2-10H,1H3,(H2,15,17). The second kappa shape index (κ2) is 4.78. The quantitative estimate of drug-likeness (QED) is 0.873. The van der Waals surface area contributed by atoms with Crippen molar-refractivity contribution in [1.82, 2.24) is 4.98 Å². The third kappa shape index (κ3) is 2.50. The van der Waals surface area contributed by atoms with Crippen molar-refractivity contribution in [1.29, 1.82) is 0 Å². The molecular weight excluding hydrogens is 212 g/mol. The molecule has 1 heterocycles. The van der Waals surface area contributed by atoms with Crippen molar-refractivity contribution in [3.8, 4) is 0 Å². The van der Waals surface area contributed by atoms with Gasteiger partial charge in [0.2, 0.25) is 5.91 Å². The first-order chi connectivity index (χ1) is 8.18. The van der Waals surface area contributed by atoms with Gasteiger partial charge in [0, 0.05) is 23.4 Å². The van der Waals surface area contributed by atoms with Crippen LogP contribution < -0.4 is 5.73 Å². The molecule has 0 radical (unpaired) electrons. The van der Waals surface area contributed by atoms with Gasteiger partial charge in [0.1, 0.15) is 0 Å². The fourth-order valence-corrected chi connectivity index (χ4v) is 1.75. The molecular formula is C14H14N2O. The number of primary amides is 1. The van der Waals surface area contributed by atoms with E-state index in [1.807, 2.05) is 30.3 Å². The Morgan fingerprint density at radius 3 is 2.59 bits per heavy atom. The van der Waals surface area contributed by atoms with Crippen molar-refractivity contribution in [3.63, 3.8) is 0 Å². The fraction of sp³-hybridized carbons (Fsp3) is 0.143. The number of rotatable bonds is 3. The van der Waals surface area contributed by atoms with Gasteiger partial charge in [-0.15, -0.1) is 0 Å². The van der Waals surface area contributed by atoms with Crippen molar-refractivity contribution in [2.75, 3.05) is 0 Å². The van der Waals surface area contributed by atoms with Crippen LogP contribution in [0.4, 0.5) is 0 Å². The van der Waals surface area contributed by atoms with Crippen LogP contribution in [0.3, 0.4) is 0 Å². The lowest BCUT2D eigenvalue weighted by Gasteiger charge is -2.11. The molecule has 86 valence electrons. The summed E-state index contributed by atoms with van der Waals surface area (Å²) in [6.07, 6.45) is 1.62. The number of aromatic nitrogens is 1. The van der Waals surface area contributed by atoms with Crippen molar-refractivity contribution >= 4 is 5.91 Å². The van der Waals surface area contributed by atoms with Crippen molar-refractivity contribution in [3.05, 3.63) is 65.5 Å². The van der Waals surface area contributed by atoms with E-state index in [-0.39, 0.29) is 5.92 Å². The Labute approximate surface area is 100 Å². The van der Waals surface area contributed by atoms with Crippen molar-refractivity contribution in [2.24, 2.45) is 5.73 Å². The Hall–Kier alpha value is -2.16. The molecule has 0 saturated carbocycles. The molecule has 0 aliphatic heterocycles. The zero-order valence-electron chi connectivity index (χ0n) is 9.63. The molecule has 0 aliphatic rings. The van der Waals surface area contributed by atoms with E-state index in [9.17, 15) is 4.79 Å².